The summed E-state index contributed by atoms with van der Waals surface area (Å²) in [5.41, 5.74) is 0.252. The topological polar surface area (TPSA) is 66.9 Å². The van der Waals surface area contributed by atoms with Crippen LogP contribution in [0, 0.1) is 0 Å². The molecule has 162 valence electrons. The van der Waals surface area contributed by atoms with Crippen LogP contribution in [0.5, 0.6) is 5.75 Å². The van der Waals surface area contributed by atoms with Gasteiger partial charge in [0.15, 0.2) is 9.84 Å². The average molecular weight is 451 g/mol. The number of benzene rings is 2. The van der Waals surface area contributed by atoms with E-state index in [-0.39, 0.29) is 16.4 Å². The Balaban J connectivity index is 1.57. The number of sulfone groups is 1. The van der Waals surface area contributed by atoms with Crippen LogP contribution in [0.15, 0.2) is 53.4 Å². The number of hydrogen-bond acceptors (Lipinski definition) is 5. The molecule has 0 bridgehead atoms. The van der Waals surface area contributed by atoms with Crippen molar-refractivity contribution in [3.8, 4) is 5.75 Å². The second-order valence-electron chi connectivity index (χ2n) is 7.50. The molecular weight excluding hydrogens is 424 g/mol. The first-order chi connectivity index (χ1) is 14.3. The monoisotopic (exact) mass is 450 g/mol. The molecular formula is C22H27ClN2O4S. The highest BCUT2D eigenvalue weighted by molar-refractivity contribution is 7.92. The molecule has 1 fully saturated rings. The van der Waals surface area contributed by atoms with Gasteiger partial charge in [0.25, 0.3) is 5.91 Å². The van der Waals surface area contributed by atoms with Crippen LogP contribution in [0.4, 0.5) is 0 Å². The number of piperazine rings is 1. The predicted octanol–water partition coefficient (Wildman–Crippen LogP) is 3.36. The average Bonchev–Trinajstić information content (AvgIpc) is 2.75. The quantitative estimate of drug-likeness (QED) is 0.647. The lowest BCUT2D eigenvalue weighted by atomic mass is 10.2. The Bertz CT molecular complexity index is 986. The Hall–Kier alpha value is -2.09. The molecule has 2 aromatic rings. The molecule has 1 aliphatic rings. The molecule has 0 atom stereocenters. The van der Waals surface area contributed by atoms with Gasteiger partial charge in [0.05, 0.1) is 20.7 Å². The number of nitrogens with zero attached hydrogens (tertiary/aromatic N) is 2. The molecule has 0 aliphatic carbocycles. The number of amides is 1. The highest BCUT2D eigenvalue weighted by atomic mass is 35.5. The number of para-hydroxylation sites is 1. The Morgan fingerprint density at radius 3 is 2.33 bits per heavy atom. The lowest BCUT2D eigenvalue weighted by Crippen LogP contribution is -2.49. The van der Waals surface area contributed by atoms with Crippen molar-refractivity contribution in [2.75, 3.05) is 39.3 Å². The van der Waals surface area contributed by atoms with Crippen LogP contribution in [0.25, 0.3) is 0 Å². The number of hydrogen-bond donors (Lipinski definition) is 0. The highest BCUT2D eigenvalue weighted by Crippen LogP contribution is 2.24. The third kappa shape index (κ3) is 5.14. The molecule has 6 nitrogen and oxygen atoms in total. The Labute approximate surface area is 183 Å². The summed E-state index contributed by atoms with van der Waals surface area (Å²) in [6.07, 6.45) is 0. The van der Waals surface area contributed by atoms with Gasteiger partial charge in [0.2, 0.25) is 0 Å². The van der Waals surface area contributed by atoms with Gasteiger partial charge in [-0.15, -0.1) is 0 Å². The van der Waals surface area contributed by atoms with Gasteiger partial charge in [-0.2, -0.15) is 0 Å². The van der Waals surface area contributed by atoms with E-state index < -0.39 is 15.1 Å². The summed E-state index contributed by atoms with van der Waals surface area (Å²) in [4.78, 5) is 17.1. The first-order valence-corrected chi connectivity index (χ1v) is 11.9. The summed E-state index contributed by atoms with van der Waals surface area (Å²) in [6, 6.07) is 13.8. The molecule has 3 rings (SSSR count). The van der Waals surface area contributed by atoms with Gasteiger partial charge in [0.1, 0.15) is 12.4 Å². The molecule has 1 saturated heterocycles. The standard InChI is InChI=1S/C22H27ClN2O4S/c1-17(2)30(27,28)21-10-6-3-7-18(21)22(26)25-13-11-24(12-14-25)15-16-29-20-9-5-4-8-19(20)23/h3-10,17H,11-16H2,1-2H3. The van der Waals surface area contributed by atoms with Crippen molar-refractivity contribution in [2.24, 2.45) is 0 Å². The van der Waals surface area contributed by atoms with Crippen LogP contribution in [0.1, 0.15) is 24.2 Å². The van der Waals surface area contributed by atoms with Crippen molar-refractivity contribution in [2.45, 2.75) is 24.0 Å². The van der Waals surface area contributed by atoms with Gasteiger partial charge in [-0.1, -0.05) is 35.9 Å². The molecule has 30 heavy (non-hydrogen) atoms. The third-order valence-corrected chi connectivity index (χ3v) is 7.73. The Morgan fingerprint density at radius 1 is 1.03 bits per heavy atom. The van der Waals surface area contributed by atoms with E-state index in [2.05, 4.69) is 4.90 Å². The van der Waals surface area contributed by atoms with Crippen molar-refractivity contribution in [3.05, 3.63) is 59.1 Å². The maximum atomic E-state index is 13.0. The maximum absolute atomic E-state index is 13.0. The zero-order valence-electron chi connectivity index (χ0n) is 17.3. The molecule has 0 saturated carbocycles. The highest BCUT2D eigenvalue weighted by Gasteiger charge is 2.29. The molecule has 0 aromatic heterocycles. The van der Waals surface area contributed by atoms with Crippen LogP contribution < -0.4 is 4.74 Å². The smallest absolute Gasteiger partial charge is 0.255 e. The number of rotatable bonds is 7. The minimum atomic E-state index is -3.53. The summed E-state index contributed by atoms with van der Waals surface area (Å²) < 4.78 is 31.0. The van der Waals surface area contributed by atoms with Gasteiger partial charge in [-0.3, -0.25) is 9.69 Å². The second-order valence-corrected chi connectivity index (χ2v) is 10.4. The third-order valence-electron chi connectivity index (χ3n) is 5.21. The molecule has 1 aliphatic heterocycles. The van der Waals surface area contributed by atoms with E-state index >= 15 is 0 Å². The lowest BCUT2D eigenvalue weighted by molar-refractivity contribution is 0.0616. The minimum Gasteiger partial charge on any atom is -0.491 e. The summed E-state index contributed by atoms with van der Waals surface area (Å²) >= 11 is 6.10. The summed E-state index contributed by atoms with van der Waals surface area (Å²) in [5.74, 6) is 0.428. The van der Waals surface area contributed by atoms with Crippen LogP contribution in [-0.4, -0.2) is 68.7 Å². The molecule has 8 heteroatoms. The van der Waals surface area contributed by atoms with Gasteiger partial charge in [0, 0.05) is 32.7 Å². The van der Waals surface area contributed by atoms with Crippen LogP contribution >= 0.6 is 11.6 Å². The SMILES string of the molecule is CC(C)S(=O)(=O)c1ccccc1C(=O)N1CCN(CCOc2ccccc2Cl)CC1. The van der Waals surface area contributed by atoms with Crippen LogP contribution in [-0.2, 0) is 9.84 Å². The summed E-state index contributed by atoms with van der Waals surface area (Å²) in [5, 5.41) is 0.00402. The van der Waals surface area contributed by atoms with Gasteiger partial charge < -0.3 is 9.64 Å². The molecule has 0 spiro atoms. The van der Waals surface area contributed by atoms with E-state index in [1.807, 2.05) is 18.2 Å². The van der Waals surface area contributed by atoms with Gasteiger partial charge in [-0.25, -0.2) is 8.42 Å². The molecule has 0 radical (unpaired) electrons. The van der Waals surface area contributed by atoms with Crippen molar-refractivity contribution in [1.29, 1.82) is 0 Å². The molecule has 0 unspecified atom stereocenters. The normalized spacial score (nSPS) is 15.4. The van der Waals surface area contributed by atoms with Crippen molar-refractivity contribution < 1.29 is 17.9 Å². The van der Waals surface area contributed by atoms with Crippen LogP contribution in [0.2, 0.25) is 5.02 Å². The van der Waals surface area contributed by atoms with Crippen LogP contribution in [0.3, 0.4) is 0 Å². The molecule has 0 N–H and O–H groups in total. The fourth-order valence-corrected chi connectivity index (χ4v) is 4.77. The number of carbonyl (C=O) groups is 1. The van der Waals surface area contributed by atoms with E-state index in [9.17, 15) is 13.2 Å². The zero-order chi connectivity index (χ0) is 21.7. The number of halogens is 1. The molecule has 2 aromatic carbocycles. The first kappa shape index (κ1) is 22.6. The van der Waals surface area contributed by atoms with Crippen molar-refractivity contribution in [1.82, 2.24) is 9.80 Å². The summed E-state index contributed by atoms with van der Waals surface area (Å²) in [6.45, 7) is 6.98. The lowest BCUT2D eigenvalue weighted by Gasteiger charge is -2.35. The van der Waals surface area contributed by atoms with Gasteiger partial charge in [-0.05, 0) is 38.1 Å². The van der Waals surface area contributed by atoms with E-state index in [0.717, 1.165) is 6.54 Å². The summed E-state index contributed by atoms with van der Waals surface area (Å²) in [7, 11) is -3.53. The van der Waals surface area contributed by atoms with E-state index in [1.165, 1.54) is 6.07 Å². The first-order valence-electron chi connectivity index (χ1n) is 10.0. The zero-order valence-corrected chi connectivity index (χ0v) is 18.8. The van der Waals surface area contributed by atoms with E-state index in [1.54, 1.807) is 43.0 Å². The largest absolute Gasteiger partial charge is 0.491 e. The van der Waals surface area contributed by atoms with Crippen molar-refractivity contribution >= 4 is 27.3 Å². The molecule has 1 heterocycles. The number of carbonyl (C=O) groups excluding carboxylic acids is 1. The number of ether oxygens (including phenoxy) is 1. The fraction of sp³-hybridized carbons (Fsp3) is 0.409. The minimum absolute atomic E-state index is 0.112. The Kier molecular flexibility index (Phi) is 7.39. The molecule has 1 amide bonds. The predicted molar refractivity (Wildman–Crippen MR) is 118 cm³/mol. The maximum Gasteiger partial charge on any atom is 0.255 e. The second kappa shape index (κ2) is 9.81. The van der Waals surface area contributed by atoms with Gasteiger partial charge >= 0.3 is 0 Å². The van der Waals surface area contributed by atoms with E-state index in [0.29, 0.717) is 43.6 Å². The van der Waals surface area contributed by atoms with E-state index in [4.69, 9.17) is 16.3 Å². The fourth-order valence-electron chi connectivity index (χ4n) is 3.34. The van der Waals surface area contributed by atoms with Crippen molar-refractivity contribution in [3.63, 3.8) is 0 Å². The Morgan fingerprint density at radius 2 is 1.67 bits per heavy atom.